The Morgan fingerprint density at radius 1 is 1.19 bits per heavy atom. The second kappa shape index (κ2) is 7.68. The first kappa shape index (κ1) is 18.7. The zero-order valence-electron chi connectivity index (χ0n) is 16.1. The summed E-state index contributed by atoms with van der Waals surface area (Å²) in [6.45, 7) is 5.09. The number of nitrogens with zero attached hydrogens (tertiary/aromatic N) is 1. The highest BCUT2D eigenvalue weighted by molar-refractivity contribution is 5.48. The van der Waals surface area contributed by atoms with Crippen LogP contribution in [0.2, 0.25) is 0 Å². The van der Waals surface area contributed by atoms with E-state index in [0.717, 1.165) is 17.9 Å². The van der Waals surface area contributed by atoms with E-state index >= 15 is 0 Å². The summed E-state index contributed by atoms with van der Waals surface area (Å²) in [6.07, 6.45) is 0.418. The van der Waals surface area contributed by atoms with Gasteiger partial charge in [-0.25, -0.2) is 0 Å². The first-order valence-corrected chi connectivity index (χ1v) is 9.17. The van der Waals surface area contributed by atoms with Gasteiger partial charge in [-0.05, 0) is 46.0 Å². The third kappa shape index (κ3) is 4.57. The van der Waals surface area contributed by atoms with Crippen molar-refractivity contribution in [1.82, 2.24) is 4.90 Å². The normalized spacial score (nSPS) is 19.5. The Morgan fingerprint density at radius 2 is 1.92 bits per heavy atom. The number of fused-ring (bicyclic) bond motifs is 1. The lowest BCUT2D eigenvalue weighted by atomic mass is 9.80. The Kier molecular flexibility index (Phi) is 5.54. The first-order chi connectivity index (χ1) is 12.3. The molecule has 0 radical (unpaired) electrons. The van der Waals surface area contributed by atoms with Gasteiger partial charge < -0.3 is 19.5 Å². The molecule has 1 N–H and O–H groups in total. The van der Waals surface area contributed by atoms with Gasteiger partial charge in [0.15, 0.2) is 0 Å². The van der Waals surface area contributed by atoms with Gasteiger partial charge in [-0.1, -0.05) is 36.4 Å². The van der Waals surface area contributed by atoms with E-state index in [4.69, 9.17) is 9.47 Å². The second-order valence-electron chi connectivity index (χ2n) is 7.96. The molecule has 2 atom stereocenters. The number of hydrogen-bond donors (Lipinski definition) is 1. The van der Waals surface area contributed by atoms with Gasteiger partial charge >= 0.3 is 0 Å². The summed E-state index contributed by atoms with van der Waals surface area (Å²) in [6, 6.07) is 16.6. The van der Waals surface area contributed by atoms with Crippen LogP contribution in [0.3, 0.4) is 0 Å². The Bertz CT molecular complexity index is 727. The smallest absolute Gasteiger partial charge is 0.127 e. The molecule has 0 bridgehead atoms. The highest BCUT2D eigenvalue weighted by Gasteiger charge is 2.34. The molecular formula is C22H29NO3. The van der Waals surface area contributed by atoms with Gasteiger partial charge in [0.2, 0.25) is 0 Å². The zero-order chi connectivity index (χ0) is 18.7. The predicted octanol–water partition coefficient (Wildman–Crippen LogP) is 3.68. The van der Waals surface area contributed by atoms with E-state index in [9.17, 15) is 5.11 Å². The van der Waals surface area contributed by atoms with Crippen molar-refractivity contribution in [3.8, 4) is 11.5 Å². The van der Waals surface area contributed by atoms with Crippen molar-refractivity contribution in [3.63, 3.8) is 0 Å². The molecule has 1 heterocycles. The quantitative estimate of drug-likeness (QED) is 0.858. The molecule has 4 heteroatoms. The number of aliphatic hydroxyl groups is 1. The monoisotopic (exact) mass is 355 g/mol. The SMILES string of the molecule is CN(C)CC(O)COc1ccc2c(c1)OC(C)(C)CC2c1ccccc1. The van der Waals surface area contributed by atoms with Crippen molar-refractivity contribution in [1.29, 1.82) is 0 Å². The third-order valence-corrected chi connectivity index (χ3v) is 4.66. The van der Waals surface area contributed by atoms with Gasteiger partial charge in [-0.15, -0.1) is 0 Å². The highest BCUT2D eigenvalue weighted by Crippen LogP contribution is 2.45. The van der Waals surface area contributed by atoms with Crippen molar-refractivity contribution in [2.45, 2.75) is 37.9 Å². The van der Waals surface area contributed by atoms with Crippen LogP contribution in [0, 0.1) is 0 Å². The maximum atomic E-state index is 10.00. The van der Waals surface area contributed by atoms with E-state index in [1.807, 2.05) is 37.2 Å². The molecule has 1 aliphatic heterocycles. The molecule has 0 spiro atoms. The minimum Gasteiger partial charge on any atom is -0.491 e. The first-order valence-electron chi connectivity index (χ1n) is 9.17. The average molecular weight is 355 g/mol. The Labute approximate surface area is 156 Å². The van der Waals surface area contributed by atoms with E-state index in [1.54, 1.807) is 0 Å². The zero-order valence-corrected chi connectivity index (χ0v) is 16.1. The lowest BCUT2D eigenvalue weighted by molar-refractivity contribution is 0.0735. The lowest BCUT2D eigenvalue weighted by Gasteiger charge is -2.38. The molecule has 0 amide bonds. The van der Waals surface area contributed by atoms with Crippen LogP contribution < -0.4 is 9.47 Å². The number of benzene rings is 2. The van der Waals surface area contributed by atoms with Crippen molar-refractivity contribution < 1.29 is 14.6 Å². The predicted molar refractivity (Wildman–Crippen MR) is 104 cm³/mol. The minimum absolute atomic E-state index is 0.240. The molecule has 2 aromatic carbocycles. The topological polar surface area (TPSA) is 41.9 Å². The summed E-state index contributed by atoms with van der Waals surface area (Å²) < 4.78 is 12.0. The Hall–Kier alpha value is -2.04. The molecule has 140 valence electrons. The molecule has 3 rings (SSSR count). The second-order valence-corrected chi connectivity index (χ2v) is 7.96. The van der Waals surface area contributed by atoms with E-state index in [0.29, 0.717) is 12.5 Å². The maximum Gasteiger partial charge on any atom is 0.127 e. The molecular weight excluding hydrogens is 326 g/mol. The summed E-state index contributed by atoms with van der Waals surface area (Å²) in [7, 11) is 3.86. The van der Waals surface area contributed by atoms with Crippen LogP contribution in [0.5, 0.6) is 11.5 Å². The standard InChI is InChI=1S/C22H29NO3/c1-22(2)13-20(16-8-6-5-7-9-16)19-11-10-18(12-21(19)26-22)25-15-17(24)14-23(3)4/h5-12,17,20,24H,13-15H2,1-4H3. The van der Waals surface area contributed by atoms with Crippen LogP contribution in [0.1, 0.15) is 37.3 Å². The Balaban J connectivity index is 1.81. The summed E-state index contributed by atoms with van der Waals surface area (Å²) in [4.78, 5) is 1.94. The third-order valence-electron chi connectivity index (χ3n) is 4.66. The number of hydrogen-bond acceptors (Lipinski definition) is 4. The van der Waals surface area contributed by atoms with Crippen LogP contribution in [-0.2, 0) is 0 Å². The van der Waals surface area contributed by atoms with E-state index in [1.165, 1.54) is 11.1 Å². The van der Waals surface area contributed by atoms with Gasteiger partial charge in [0.05, 0.1) is 0 Å². The fraction of sp³-hybridized carbons (Fsp3) is 0.455. The highest BCUT2D eigenvalue weighted by atomic mass is 16.5. The molecule has 2 unspecified atom stereocenters. The summed E-state index contributed by atoms with van der Waals surface area (Å²) in [5.74, 6) is 1.91. The summed E-state index contributed by atoms with van der Waals surface area (Å²) in [5.41, 5.74) is 2.26. The van der Waals surface area contributed by atoms with E-state index in [2.05, 4.69) is 44.2 Å². The molecule has 2 aromatic rings. The van der Waals surface area contributed by atoms with Gasteiger partial charge in [-0.2, -0.15) is 0 Å². The van der Waals surface area contributed by atoms with Crippen molar-refractivity contribution in [2.75, 3.05) is 27.2 Å². The molecule has 1 aliphatic rings. The van der Waals surface area contributed by atoms with E-state index in [-0.39, 0.29) is 12.2 Å². The molecule has 0 saturated carbocycles. The van der Waals surface area contributed by atoms with Crippen molar-refractivity contribution in [2.24, 2.45) is 0 Å². The van der Waals surface area contributed by atoms with Crippen LogP contribution in [0.25, 0.3) is 0 Å². The maximum absolute atomic E-state index is 10.00. The number of aliphatic hydroxyl groups excluding tert-OH is 1. The molecule has 0 aromatic heterocycles. The van der Waals surface area contributed by atoms with Gasteiger partial charge in [0, 0.05) is 24.1 Å². The fourth-order valence-corrected chi connectivity index (χ4v) is 3.57. The largest absolute Gasteiger partial charge is 0.491 e. The van der Waals surface area contributed by atoms with Crippen molar-refractivity contribution >= 4 is 0 Å². The fourth-order valence-electron chi connectivity index (χ4n) is 3.57. The molecule has 0 saturated heterocycles. The Morgan fingerprint density at radius 3 is 2.62 bits per heavy atom. The number of likely N-dealkylation sites (N-methyl/N-ethyl adjacent to an activating group) is 1. The van der Waals surface area contributed by atoms with Crippen LogP contribution >= 0.6 is 0 Å². The van der Waals surface area contributed by atoms with Gasteiger partial charge in [-0.3, -0.25) is 0 Å². The molecule has 0 fully saturated rings. The average Bonchev–Trinajstić information content (AvgIpc) is 2.58. The molecule has 0 aliphatic carbocycles. The minimum atomic E-state index is -0.518. The van der Waals surface area contributed by atoms with Crippen molar-refractivity contribution in [3.05, 3.63) is 59.7 Å². The summed E-state index contributed by atoms with van der Waals surface area (Å²) in [5, 5.41) is 10.00. The van der Waals surface area contributed by atoms with Gasteiger partial charge in [0.25, 0.3) is 0 Å². The van der Waals surface area contributed by atoms with Crippen LogP contribution in [0.15, 0.2) is 48.5 Å². The van der Waals surface area contributed by atoms with E-state index < -0.39 is 6.10 Å². The van der Waals surface area contributed by atoms with Gasteiger partial charge in [0.1, 0.15) is 29.8 Å². The summed E-state index contributed by atoms with van der Waals surface area (Å²) >= 11 is 0. The number of rotatable bonds is 6. The molecule has 4 nitrogen and oxygen atoms in total. The van der Waals surface area contributed by atoms with Crippen LogP contribution in [0.4, 0.5) is 0 Å². The molecule has 26 heavy (non-hydrogen) atoms. The lowest BCUT2D eigenvalue weighted by Crippen LogP contribution is -2.35. The number of ether oxygens (including phenoxy) is 2. The van der Waals surface area contributed by atoms with Crippen LogP contribution in [-0.4, -0.2) is 49.0 Å².